The van der Waals surface area contributed by atoms with Crippen molar-refractivity contribution in [1.82, 2.24) is 4.90 Å². The number of hydrogen-bond acceptors (Lipinski definition) is 2. The van der Waals surface area contributed by atoms with Gasteiger partial charge in [-0.15, -0.1) is 0 Å². The summed E-state index contributed by atoms with van der Waals surface area (Å²) in [6.45, 7) is 4.52. The fourth-order valence-corrected chi connectivity index (χ4v) is 4.02. The molecule has 1 saturated heterocycles. The first-order valence-corrected chi connectivity index (χ1v) is 9.01. The molecule has 2 nitrogen and oxygen atoms in total. The molecule has 4 rings (SSSR count). The summed E-state index contributed by atoms with van der Waals surface area (Å²) in [7, 11) is 0. The molecule has 0 saturated carbocycles. The zero-order valence-corrected chi connectivity index (χ0v) is 14.6. The Hall–Kier alpha value is -1.97. The summed E-state index contributed by atoms with van der Waals surface area (Å²) < 4.78 is 19.1. The molecule has 0 aromatic heterocycles. The van der Waals surface area contributed by atoms with E-state index in [0.29, 0.717) is 12.1 Å². The van der Waals surface area contributed by atoms with Gasteiger partial charge in [-0.3, -0.25) is 4.90 Å². The fraction of sp³-hybridized carbons (Fsp3) is 0.364. The highest BCUT2D eigenvalue weighted by Gasteiger charge is 2.34. The van der Waals surface area contributed by atoms with Gasteiger partial charge in [-0.25, -0.2) is 4.39 Å². The second kappa shape index (κ2) is 7.11. The molecule has 2 aliphatic rings. The Balaban J connectivity index is 1.52. The van der Waals surface area contributed by atoms with Crippen LogP contribution in [0.5, 0.6) is 0 Å². The lowest BCUT2D eigenvalue weighted by atomic mass is 9.89. The van der Waals surface area contributed by atoms with Crippen LogP contribution in [0.25, 0.3) is 0 Å². The van der Waals surface area contributed by atoms with E-state index in [0.717, 1.165) is 38.2 Å². The van der Waals surface area contributed by atoms with Gasteiger partial charge >= 0.3 is 0 Å². The molecule has 2 aromatic carbocycles. The van der Waals surface area contributed by atoms with Crippen LogP contribution in [0.1, 0.15) is 23.1 Å². The second-order valence-corrected chi connectivity index (χ2v) is 7.19. The number of halogens is 1. The number of ether oxygens (including phenoxy) is 1. The fourth-order valence-electron chi connectivity index (χ4n) is 4.02. The number of nitrogens with zero attached hydrogens (tertiary/aromatic N) is 1. The molecule has 25 heavy (non-hydrogen) atoms. The van der Waals surface area contributed by atoms with Crippen LogP contribution in [0.15, 0.2) is 60.2 Å². The maximum absolute atomic E-state index is 13.3. The zero-order valence-electron chi connectivity index (χ0n) is 14.6. The predicted octanol–water partition coefficient (Wildman–Crippen LogP) is 4.28. The van der Waals surface area contributed by atoms with Crippen LogP contribution in [-0.4, -0.2) is 30.2 Å². The van der Waals surface area contributed by atoms with Gasteiger partial charge in [-0.05, 0) is 48.6 Å². The maximum Gasteiger partial charge on any atom is 0.123 e. The van der Waals surface area contributed by atoms with Gasteiger partial charge in [0, 0.05) is 12.6 Å². The minimum atomic E-state index is -0.154. The predicted molar refractivity (Wildman–Crippen MR) is 97.9 cm³/mol. The van der Waals surface area contributed by atoms with Crippen LogP contribution in [0.2, 0.25) is 0 Å². The first-order chi connectivity index (χ1) is 12.2. The van der Waals surface area contributed by atoms with Gasteiger partial charge in [0.1, 0.15) is 5.82 Å². The van der Waals surface area contributed by atoms with Crippen LogP contribution < -0.4 is 0 Å². The van der Waals surface area contributed by atoms with Crippen molar-refractivity contribution in [3.63, 3.8) is 0 Å². The van der Waals surface area contributed by atoms with Gasteiger partial charge in [-0.2, -0.15) is 0 Å². The highest BCUT2D eigenvalue weighted by Crippen LogP contribution is 2.30. The summed E-state index contributed by atoms with van der Waals surface area (Å²) >= 11 is 0. The Bertz CT molecular complexity index is 771. The van der Waals surface area contributed by atoms with Crippen molar-refractivity contribution in [3.05, 3.63) is 82.7 Å². The molecule has 130 valence electrons. The molecule has 0 radical (unpaired) electrons. The summed E-state index contributed by atoms with van der Waals surface area (Å²) in [6.07, 6.45) is 4.32. The lowest BCUT2D eigenvalue weighted by Crippen LogP contribution is -2.53. The minimum Gasteiger partial charge on any atom is -0.378 e. The molecule has 2 aliphatic heterocycles. The summed E-state index contributed by atoms with van der Waals surface area (Å²) in [6, 6.07) is 16.5. The Morgan fingerprint density at radius 2 is 1.96 bits per heavy atom. The van der Waals surface area contributed by atoms with Crippen molar-refractivity contribution in [2.24, 2.45) is 0 Å². The maximum atomic E-state index is 13.3. The van der Waals surface area contributed by atoms with Gasteiger partial charge in [-0.1, -0.05) is 48.0 Å². The molecule has 2 bridgehead atoms. The first kappa shape index (κ1) is 16.5. The molecule has 0 amide bonds. The van der Waals surface area contributed by atoms with Gasteiger partial charge in [0.25, 0.3) is 0 Å². The normalized spacial score (nSPS) is 23.4. The van der Waals surface area contributed by atoms with E-state index < -0.39 is 0 Å². The smallest absolute Gasteiger partial charge is 0.123 e. The van der Waals surface area contributed by atoms with Crippen LogP contribution in [0.4, 0.5) is 4.39 Å². The average Bonchev–Trinajstić information content (AvgIpc) is 2.59. The molecule has 3 heteroatoms. The number of hydrogen-bond donors (Lipinski definition) is 0. The lowest BCUT2D eigenvalue weighted by Gasteiger charge is -2.45. The highest BCUT2D eigenvalue weighted by atomic mass is 19.1. The zero-order chi connectivity index (χ0) is 17.2. The van der Waals surface area contributed by atoms with E-state index in [2.05, 4.69) is 41.3 Å². The summed E-state index contributed by atoms with van der Waals surface area (Å²) in [5, 5.41) is 0. The Kier molecular flexibility index (Phi) is 4.69. The van der Waals surface area contributed by atoms with Crippen LogP contribution in [0.3, 0.4) is 0 Å². The van der Waals surface area contributed by atoms with E-state index in [-0.39, 0.29) is 5.82 Å². The third-order valence-corrected chi connectivity index (χ3v) is 5.35. The number of benzene rings is 2. The van der Waals surface area contributed by atoms with Crippen LogP contribution in [-0.2, 0) is 17.7 Å². The van der Waals surface area contributed by atoms with Crippen molar-refractivity contribution >= 4 is 0 Å². The first-order valence-electron chi connectivity index (χ1n) is 9.01. The van der Waals surface area contributed by atoms with E-state index in [4.69, 9.17) is 4.74 Å². The van der Waals surface area contributed by atoms with Gasteiger partial charge in [0.15, 0.2) is 0 Å². The van der Waals surface area contributed by atoms with Crippen molar-refractivity contribution in [3.8, 4) is 0 Å². The quantitative estimate of drug-likeness (QED) is 0.772. The molecule has 2 unspecified atom stereocenters. The monoisotopic (exact) mass is 337 g/mol. The Morgan fingerprint density at radius 1 is 1.12 bits per heavy atom. The molecule has 0 N–H and O–H groups in total. The van der Waals surface area contributed by atoms with Crippen molar-refractivity contribution in [2.45, 2.75) is 38.4 Å². The van der Waals surface area contributed by atoms with E-state index in [1.54, 1.807) is 12.1 Å². The number of fused-ring (bicyclic) bond motifs is 2. The van der Waals surface area contributed by atoms with Crippen LogP contribution >= 0.6 is 0 Å². The van der Waals surface area contributed by atoms with Crippen molar-refractivity contribution < 1.29 is 9.13 Å². The van der Waals surface area contributed by atoms with E-state index in [1.807, 2.05) is 13.0 Å². The number of aryl methyl sites for hydroxylation is 1. The topological polar surface area (TPSA) is 12.5 Å². The Morgan fingerprint density at radius 3 is 2.72 bits per heavy atom. The third kappa shape index (κ3) is 3.68. The summed E-state index contributed by atoms with van der Waals surface area (Å²) in [5.74, 6) is -0.154. The van der Waals surface area contributed by atoms with Gasteiger partial charge < -0.3 is 4.74 Å². The van der Waals surface area contributed by atoms with Crippen molar-refractivity contribution in [2.75, 3.05) is 13.2 Å². The largest absolute Gasteiger partial charge is 0.378 e. The SMILES string of the molecule is Cc1cc(F)ccc1CC1=CC2COCC(C1)N2Cc1ccccc1. The summed E-state index contributed by atoms with van der Waals surface area (Å²) in [5.41, 5.74) is 5.07. The highest BCUT2D eigenvalue weighted by molar-refractivity contribution is 5.32. The third-order valence-electron chi connectivity index (χ3n) is 5.35. The lowest BCUT2D eigenvalue weighted by molar-refractivity contribution is -0.0440. The van der Waals surface area contributed by atoms with Gasteiger partial charge in [0.05, 0.1) is 19.3 Å². The minimum absolute atomic E-state index is 0.154. The molecule has 0 aliphatic carbocycles. The Labute approximate surface area is 148 Å². The number of rotatable bonds is 4. The molecular weight excluding hydrogens is 313 g/mol. The molecule has 1 fully saturated rings. The average molecular weight is 337 g/mol. The van der Waals surface area contributed by atoms with Crippen molar-refractivity contribution in [1.29, 1.82) is 0 Å². The van der Waals surface area contributed by atoms with Crippen LogP contribution in [0, 0.1) is 12.7 Å². The number of morpholine rings is 1. The van der Waals surface area contributed by atoms with E-state index in [1.165, 1.54) is 16.7 Å². The second-order valence-electron chi connectivity index (χ2n) is 7.19. The molecule has 2 atom stereocenters. The molecule has 0 spiro atoms. The van der Waals surface area contributed by atoms with E-state index in [9.17, 15) is 4.39 Å². The molecule has 2 heterocycles. The van der Waals surface area contributed by atoms with E-state index >= 15 is 0 Å². The molecule has 2 aromatic rings. The standard InChI is InChI=1S/C22H24FNO/c1-16-9-20(23)8-7-19(16)10-18-11-21-14-25-15-22(12-18)24(21)13-17-5-3-2-4-6-17/h2-9,11,21-22H,10,12-15H2,1H3. The summed E-state index contributed by atoms with van der Waals surface area (Å²) in [4.78, 5) is 2.57. The van der Waals surface area contributed by atoms with Gasteiger partial charge in [0.2, 0.25) is 0 Å². The molecular formula is C22H24FNO.